The van der Waals surface area contributed by atoms with Crippen LogP contribution in [0.3, 0.4) is 0 Å². The molecule has 3 nitrogen and oxygen atoms in total. The molecule has 0 heterocycles. The van der Waals surface area contributed by atoms with Crippen LogP contribution < -0.4 is 10.6 Å². The first-order valence-electron chi connectivity index (χ1n) is 5.57. The monoisotopic (exact) mass is 250 g/mol. The van der Waals surface area contributed by atoms with Crippen molar-refractivity contribution in [3.63, 3.8) is 0 Å². The number of thioether (sulfide) groups is 1. The van der Waals surface area contributed by atoms with Gasteiger partial charge < -0.3 is 10.6 Å². The minimum atomic E-state index is -0.118. The van der Waals surface area contributed by atoms with Crippen LogP contribution in [0.1, 0.15) is 5.56 Å². The Kier molecular flexibility index (Phi) is 6.98. The molecule has 2 amide bonds. The number of carbonyl (C=O) groups is 1. The number of hydrogen-bond donors (Lipinski definition) is 2. The lowest BCUT2D eigenvalue weighted by Crippen LogP contribution is -2.36. The fourth-order valence-corrected chi connectivity index (χ4v) is 1.82. The van der Waals surface area contributed by atoms with Crippen molar-refractivity contribution >= 4 is 17.8 Å². The third-order valence-corrected chi connectivity index (χ3v) is 3.03. The summed E-state index contributed by atoms with van der Waals surface area (Å²) in [6, 6.07) is 9.73. The summed E-state index contributed by atoms with van der Waals surface area (Å²) in [4.78, 5) is 11.4. The highest BCUT2D eigenvalue weighted by molar-refractivity contribution is 7.99. The number of benzene rings is 1. The number of nitrogens with one attached hydrogen (secondary N) is 2. The van der Waals surface area contributed by atoms with Crippen LogP contribution in [0, 0.1) is 0 Å². The van der Waals surface area contributed by atoms with Gasteiger partial charge in [-0.2, -0.15) is 11.8 Å². The van der Waals surface area contributed by atoms with Gasteiger partial charge in [0.15, 0.2) is 0 Å². The maximum absolute atomic E-state index is 11.4. The van der Waals surface area contributed by atoms with Crippen molar-refractivity contribution in [3.8, 4) is 0 Å². The highest BCUT2D eigenvalue weighted by Gasteiger charge is 1.98. The third-order valence-electron chi connectivity index (χ3n) is 2.06. The van der Waals surface area contributed by atoms with Crippen LogP contribution in [-0.4, -0.2) is 24.1 Å². The van der Waals surface area contributed by atoms with Crippen molar-refractivity contribution in [2.45, 2.75) is 6.54 Å². The number of hydrogen-bond acceptors (Lipinski definition) is 2. The summed E-state index contributed by atoms with van der Waals surface area (Å²) >= 11 is 1.75. The first kappa shape index (κ1) is 13.6. The van der Waals surface area contributed by atoms with E-state index >= 15 is 0 Å². The summed E-state index contributed by atoms with van der Waals surface area (Å²) in [6.45, 7) is 4.88. The molecule has 0 aliphatic rings. The SMILES string of the molecule is C=CCSCCNC(=O)NCc1ccccc1. The molecule has 92 valence electrons. The zero-order valence-corrected chi connectivity index (χ0v) is 10.6. The maximum Gasteiger partial charge on any atom is 0.315 e. The summed E-state index contributed by atoms with van der Waals surface area (Å²) < 4.78 is 0. The van der Waals surface area contributed by atoms with E-state index in [4.69, 9.17) is 0 Å². The van der Waals surface area contributed by atoms with E-state index < -0.39 is 0 Å². The standard InChI is InChI=1S/C13H18N2OS/c1-2-9-17-10-8-14-13(16)15-11-12-6-4-3-5-7-12/h2-7H,1,8-11H2,(H2,14,15,16). The first-order valence-corrected chi connectivity index (χ1v) is 6.72. The lowest BCUT2D eigenvalue weighted by Gasteiger charge is -2.07. The van der Waals surface area contributed by atoms with Gasteiger partial charge in [0.25, 0.3) is 0 Å². The van der Waals surface area contributed by atoms with Crippen LogP contribution in [0.25, 0.3) is 0 Å². The summed E-state index contributed by atoms with van der Waals surface area (Å²) in [5.74, 6) is 1.83. The first-order chi connectivity index (χ1) is 8.33. The average molecular weight is 250 g/mol. The fourth-order valence-electron chi connectivity index (χ4n) is 1.24. The van der Waals surface area contributed by atoms with Crippen LogP contribution in [0.5, 0.6) is 0 Å². The molecule has 0 atom stereocenters. The molecule has 17 heavy (non-hydrogen) atoms. The maximum atomic E-state index is 11.4. The lowest BCUT2D eigenvalue weighted by atomic mass is 10.2. The van der Waals surface area contributed by atoms with Crippen LogP contribution >= 0.6 is 11.8 Å². The number of urea groups is 1. The van der Waals surface area contributed by atoms with Gasteiger partial charge in [-0.15, -0.1) is 6.58 Å². The minimum absolute atomic E-state index is 0.118. The Morgan fingerprint density at radius 2 is 2.06 bits per heavy atom. The molecule has 0 unspecified atom stereocenters. The summed E-state index contributed by atoms with van der Waals surface area (Å²) in [5.41, 5.74) is 1.10. The van der Waals surface area contributed by atoms with E-state index in [0.29, 0.717) is 13.1 Å². The highest BCUT2D eigenvalue weighted by Crippen LogP contribution is 1.98. The van der Waals surface area contributed by atoms with Gasteiger partial charge in [-0.05, 0) is 5.56 Å². The molecular formula is C13H18N2OS. The van der Waals surface area contributed by atoms with E-state index in [9.17, 15) is 4.79 Å². The van der Waals surface area contributed by atoms with Gasteiger partial charge in [0.05, 0.1) is 0 Å². The topological polar surface area (TPSA) is 41.1 Å². The van der Waals surface area contributed by atoms with Crippen LogP contribution in [-0.2, 0) is 6.54 Å². The van der Waals surface area contributed by atoms with Gasteiger partial charge in [0.2, 0.25) is 0 Å². The third kappa shape index (κ3) is 6.68. The second-order valence-electron chi connectivity index (χ2n) is 3.46. The second kappa shape index (κ2) is 8.70. The molecule has 0 fully saturated rings. The van der Waals surface area contributed by atoms with E-state index in [-0.39, 0.29) is 6.03 Å². The zero-order valence-electron chi connectivity index (χ0n) is 9.82. The van der Waals surface area contributed by atoms with Crippen LogP contribution in [0.4, 0.5) is 4.79 Å². The van der Waals surface area contributed by atoms with Gasteiger partial charge >= 0.3 is 6.03 Å². The molecule has 0 aliphatic carbocycles. The highest BCUT2D eigenvalue weighted by atomic mass is 32.2. The van der Waals surface area contributed by atoms with Crippen molar-refractivity contribution in [1.82, 2.24) is 10.6 Å². The van der Waals surface area contributed by atoms with Gasteiger partial charge in [-0.3, -0.25) is 0 Å². The zero-order chi connectivity index (χ0) is 12.3. The molecule has 0 spiro atoms. The van der Waals surface area contributed by atoms with Gasteiger partial charge in [0, 0.05) is 24.6 Å². The van der Waals surface area contributed by atoms with Crippen LogP contribution in [0.2, 0.25) is 0 Å². The number of amides is 2. The quantitative estimate of drug-likeness (QED) is 0.576. The smallest absolute Gasteiger partial charge is 0.315 e. The molecule has 1 rings (SSSR count). The van der Waals surface area contributed by atoms with Crippen molar-refractivity contribution in [3.05, 3.63) is 48.6 Å². The summed E-state index contributed by atoms with van der Waals surface area (Å²) in [5, 5.41) is 5.62. The van der Waals surface area contributed by atoms with Gasteiger partial charge in [0.1, 0.15) is 0 Å². The summed E-state index contributed by atoms with van der Waals surface area (Å²) in [7, 11) is 0. The van der Waals surface area contributed by atoms with Crippen molar-refractivity contribution in [1.29, 1.82) is 0 Å². The predicted octanol–water partition coefficient (Wildman–Crippen LogP) is 2.41. The molecule has 0 saturated carbocycles. The van der Waals surface area contributed by atoms with Crippen molar-refractivity contribution in [2.24, 2.45) is 0 Å². The molecule has 0 saturated heterocycles. The molecule has 2 N–H and O–H groups in total. The van der Waals surface area contributed by atoms with Crippen molar-refractivity contribution in [2.75, 3.05) is 18.1 Å². The Bertz CT molecular complexity index is 341. The van der Waals surface area contributed by atoms with E-state index in [0.717, 1.165) is 17.1 Å². The Morgan fingerprint density at radius 1 is 1.29 bits per heavy atom. The Balaban J connectivity index is 2.07. The van der Waals surface area contributed by atoms with Gasteiger partial charge in [-0.25, -0.2) is 4.79 Å². The summed E-state index contributed by atoms with van der Waals surface area (Å²) in [6.07, 6.45) is 1.86. The molecule has 4 heteroatoms. The number of carbonyl (C=O) groups excluding carboxylic acids is 1. The Morgan fingerprint density at radius 3 is 2.76 bits per heavy atom. The van der Waals surface area contributed by atoms with Gasteiger partial charge in [-0.1, -0.05) is 36.4 Å². The molecule has 1 aromatic rings. The Labute approximate surface area is 107 Å². The van der Waals surface area contributed by atoms with E-state index in [1.165, 1.54) is 0 Å². The molecule has 0 aromatic heterocycles. The van der Waals surface area contributed by atoms with Crippen LogP contribution in [0.15, 0.2) is 43.0 Å². The molecule has 0 radical (unpaired) electrons. The average Bonchev–Trinajstić information content (AvgIpc) is 2.37. The van der Waals surface area contributed by atoms with Crippen molar-refractivity contribution < 1.29 is 4.79 Å². The normalized spacial score (nSPS) is 9.65. The predicted molar refractivity (Wildman–Crippen MR) is 74.2 cm³/mol. The number of rotatable bonds is 7. The molecular weight excluding hydrogens is 232 g/mol. The minimum Gasteiger partial charge on any atom is -0.337 e. The van der Waals surface area contributed by atoms with E-state index in [1.807, 2.05) is 36.4 Å². The fraction of sp³-hybridized carbons (Fsp3) is 0.308. The van der Waals surface area contributed by atoms with E-state index in [2.05, 4.69) is 17.2 Å². The largest absolute Gasteiger partial charge is 0.337 e. The second-order valence-corrected chi connectivity index (χ2v) is 4.61. The lowest BCUT2D eigenvalue weighted by molar-refractivity contribution is 0.241. The Hall–Kier alpha value is -1.42. The molecule has 0 bridgehead atoms. The molecule has 1 aromatic carbocycles. The van der Waals surface area contributed by atoms with E-state index in [1.54, 1.807) is 11.8 Å². The molecule has 0 aliphatic heterocycles.